The van der Waals surface area contributed by atoms with Crippen molar-refractivity contribution < 1.29 is 4.74 Å². The second kappa shape index (κ2) is 9.03. The standard InChI is InChI=1S/C4H7O.Cm/c1-3-4-5-2;/h2-3H,4H2,1H3;/q-1;. The van der Waals surface area contributed by atoms with E-state index in [1.165, 1.54) is 0 Å². The fraction of sp³-hybridized carbons (Fsp3) is 0.500. The van der Waals surface area contributed by atoms with Gasteiger partial charge in [-0.1, -0.05) is 6.61 Å². The normalized spacial score (nSPS) is 7.00. The van der Waals surface area contributed by atoms with Crippen molar-refractivity contribution in [1.82, 2.24) is 0 Å². The Kier molecular flexibility index (Phi) is 13.4. The predicted octanol–water partition coefficient (Wildman–Crippen LogP) is 0.896. The molecule has 0 saturated heterocycles. The molecule has 1 nitrogen and oxygen atoms in total. The summed E-state index contributed by atoms with van der Waals surface area (Å²) in [7, 11) is 4.61. The molecule has 0 aromatic rings. The van der Waals surface area contributed by atoms with E-state index in [1.54, 1.807) is 0 Å². The van der Waals surface area contributed by atoms with Crippen LogP contribution in [0, 0.1) is 13.5 Å². The molecule has 0 aliphatic rings. The molecule has 0 amide bonds. The molecule has 0 aliphatic carbocycles. The first-order valence-corrected chi connectivity index (χ1v) is 1.51. The van der Waals surface area contributed by atoms with Crippen LogP contribution in [-0.4, -0.2) is 6.61 Å². The Balaban J connectivity index is 0. The van der Waals surface area contributed by atoms with Crippen LogP contribution in [0.3, 0.4) is 0 Å². The molecular formula is C4H7CmO-. The SMILES string of the molecule is [CH]OC[CH-]C.[Cm]. The molecule has 0 atom stereocenters. The maximum Gasteiger partial charge on any atom is 0.111 e. The van der Waals surface area contributed by atoms with E-state index >= 15 is 0 Å². The van der Waals surface area contributed by atoms with E-state index in [0.717, 1.165) is 0 Å². The van der Waals surface area contributed by atoms with Crippen molar-refractivity contribution in [3.8, 4) is 0 Å². The Labute approximate surface area is 32.9 Å². The Morgan fingerprint density at radius 1 is 1.83 bits per heavy atom. The molecule has 0 bridgehead atoms. The van der Waals surface area contributed by atoms with E-state index in [4.69, 9.17) is 0 Å². The summed E-state index contributed by atoms with van der Waals surface area (Å²) in [5, 5.41) is 0. The van der Waals surface area contributed by atoms with Gasteiger partial charge < -0.3 is 11.2 Å². The molecule has 0 spiro atoms. The number of hydrogen-bond donors (Lipinski definition) is 0. The van der Waals surface area contributed by atoms with Crippen LogP contribution in [0.4, 0.5) is 0 Å². The van der Waals surface area contributed by atoms with Crippen LogP contribution in [-0.2, 0) is 4.74 Å². The van der Waals surface area contributed by atoms with Crippen LogP contribution in [0.1, 0.15) is 6.92 Å². The zero-order valence-electron chi connectivity index (χ0n) is 3.62. The average molecular weight is 318 g/mol. The van der Waals surface area contributed by atoms with E-state index in [2.05, 4.69) is 11.8 Å². The number of ether oxygens (including phenoxy) is 1. The molecule has 0 saturated carbocycles. The first-order valence-electron chi connectivity index (χ1n) is 1.51. The van der Waals surface area contributed by atoms with Gasteiger partial charge in [0.15, 0.2) is 0 Å². The van der Waals surface area contributed by atoms with Gasteiger partial charge in [-0.2, -0.15) is 6.92 Å². The Morgan fingerprint density at radius 2 is 2.33 bits per heavy atom. The maximum absolute atomic E-state index is 4.61. The van der Waals surface area contributed by atoms with Gasteiger partial charge in [-0.15, -0.1) is 0 Å². The zero-order chi connectivity index (χ0) is 4.12. The van der Waals surface area contributed by atoms with Gasteiger partial charge >= 0.3 is 0 Å². The molecule has 0 aromatic carbocycles. The minimum Gasteiger partial charge on any atom is -0.404 e. The topological polar surface area (TPSA) is 9.23 Å². The largest absolute Gasteiger partial charge is 0.404 e. The molecule has 0 heterocycles. The van der Waals surface area contributed by atoms with Gasteiger partial charge in [0.25, 0.3) is 0 Å². The third kappa shape index (κ3) is 12.3. The molecular weight excluding hydrogens is 311 g/mol. The van der Waals surface area contributed by atoms with Crippen molar-refractivity contribution >= 4 is 0 Å². The van der Waals surface area contributed by atoms with Gasteiger partial charge in [0.1, 0.15) is 7.11 Å². The van der Waals surface area contributed by atoms with Crippen molar-refractivity contribution in [3.63, 3.8) is 0 Å². The number of rotatable bonds is 2. The molecule has 38 valence electrons. The summed E-state index contributed by atoms with van der Waals surface area (Å²) in [5.41, 5.74) is 0. The molecule has 0 unspecified atom stereocenters. The van der Waals surface area contributed by atoms with E-state index in [1.807, 2.05) is 13.3 Å². The third-order valence-corrected chi connectivity index (χ3v) is 0.263. The second-order valence-corrected chi connectivity index (χ2v) is 0.742. The van der Waals surface area contributed by atoms with Crippen molar-refractivity contribution in [3.05, 3.63) is 13.5 Å². The number of hydrogen-bond acceptors (Lipinski definition) is 1. The van der Waals surface area contributed by atoms with Crippen molar-refractivity contribution in [1.29, 1.82) is 0 Å². The average Bonchev–Trinajstić information content (AvgIpc) is 1.41. The summed E-state index contributed by atoms with van der Waals surface area (Å²) in [6.45, 7) is 2.42. The van der Waals surface area contributed by atoms with Crippen LogP contribution in [0.5, 0.6) is 0 Å². The Morgan fingerprint density at radius 3 is 2.33 bits per heavy atom. The van der Waals surface area contributed by atoms with Crippen LogP contribution >= 0.6 is 0 Å². The van der Waals surface area contributed by atoms with Gasteiger partial charge in [-0.3, -0.25) is 0 Å². The monoisotopic (exact) mass is 314 g/mol. The molecule has 2 radical (unpaired) electrons. The van der Waals surface area contributed by atoms with Crippen LogP contribution < -0.4 is 0 Å². The first kappa shape index (κ1) is 8.88. The van der Waals surface area contributed by atoms with Gasteiger partial charge in [0, 0.05) is 0 Å². The summed E-state index contributed by atoms with van der Waals surface area (Å²) >= 11 is 0. The van der Waals surface area contributed by atoms with E-state index in [-0.39, 0.29) is 0 Å². The summed E-state index contributed by atoms with van der Waals surface area (Å²) < 4.78 is 4.14. The van der Waals surface area contributed by atoms with Crippen molar-refractivity contribution in [2.75, 3.05) is 6.61 Å². The van der Waals surface area contributed by atoms with E-state index in [9.17, 15) is 0 Å². The quantitative estimate of drug-likeness (QED) is 0.688. The zero-order valence-corrected chi connectivity index (χ0v) is 6.57. The Hall–Kier alpha value is -1.04. The minimum absolute atomic E-state index is 0. The maximum atomic E-state index is 4.61. The smallest absolute Gasteiger partial charge is 0.111 e. The molecule has 0 N–H and O–H groups in total. The fourth-order valence-electron chi connectivity index (χ4n) is 0.0962. The molecule has 6 heavy (non-hydrogen) atoms. The fourth-order valence-corrected chi connectivity index (χ4v) is 0.0962. The van der Waals surface area contributed by atoms with Crippen molar-refractivity contribution in [2.24, 2.45) is 0 Å². The molecule has 0 aromatic heterocycles. The van der Waals surface area contributed by atoms with Gasteiger partial charge in [-0.05, 0) is 0 Å². The van der Waals surface area contributed by atoms with E-state index in [0.29, 0.717) is 6.61 Å². The van der Waals surface area contributed by atoms with Crippen molar-refractivity contribution in [2.45, 2.75) is 6.92 Å². The third-order valence-electron chi connectivity index (χ3n) is 0.263. The molecule has 0 fully saturated rings. The second-order valence-electron chi connectivity index (χ2n) is 0.742. The summed E-state index contributed by atoms with van der Waals surface area (Å²) in [4.78, 5) is 0. The van der Waals surface area contributed by atoms with Crippen LogP contribution in [0.15, 0.2) is 0 Å². The predicted molar refractivity (Wildman–Crippen MR) is 20.2 cm³/mol. The molecule has 2 heteroatoms. The molecule has 0 rings (SSSR count). The van der Waals surface area contributed by atoms with Crippen LogP contribution in [0.25, 0.3) is 0 Å². The summed E-state index contributed by atoms with van der Waals surface area (Å²) in [6, 6.07) is 0. The molecule has 0 aliphatic heterocycles. The first-order chi connectivity index (χ1) is 2.41. The summed E-state index contributed by atoms with van der Waals surface area (Å²) in [5.74, 6) is 0. The van der Waals surface area contributed by atoms with Crippen LogP contribution in [0.2, 0.25) is 0 Å². The van der Waals surface area contributed by atoms with Gasteiger partial charge in [0.2, 0.25) is 0 Å². The summed E-state index contributed by atoms with van der Waals surface area (Å²) in [6.07, 6.45) is 1.83. The van der Waals surface area contributed by atoms with Gasteiger partial charge in [-0.25, -0.2) is 0 Å². The van der Waals surface area contributed by atoms with Gasteiger partial charge in [0.05, 0.1) is 0 Å². The van der Waals surface area contributed by atoms with E-state index < -0.39 is 0 Å². The minimum atomic E-state index is 0. The Bertz CT molecular complexity index is 15.0.